The van der Waals surface area contributed by atoms with Crippen LogP contribution in [0.5, 0.6) is 0 Å². The zero-order chi connectivity index (χ0) is 12.3. The molecule has 2 N–H and O–H groups in total. The Kier molecular flexibility index (Phi) is 5.93. The molecule has 1 aliphatic heterocycles. The molecule has 0 bridgehead atoms. The molecular weight excluding hydrogens is 271 g/mol. The number of amides is 1. The van der Waals surface area contributed by atoms with Gasteiger partial charge in [0.2, 0.25) is 5.91 Å². The van der Waals surface area contributed by atoms with E-state index in [1.807, 2.05) is 25.1 Å². The lowest BCUT2D eigenvalue weighted by Crippen LogP contribution is -2.18. The Hall–Kier alpha value is -0.770. The summed E-state index contributed by atoms with van der Waals surface area (Å²) in [6.45, 7) is 3.88. The first-order chi connectivity index (χ1) is 8.16. The highest BCUT2D eigenvalue weighted by molar-refractivity contribution is 6.31. The molecule has 1 saturated heterocycles. The molecule has 5 heteroatoms. The van der Waals surface area contributed by atoms with Gasteiger partial charge in [0.1, 0.15) is 0 Å². The van der Waals surface area contributed by atoms with Gasteiger partial charge >= 0.3 is 0 Å². The second-order valence-corrected chi connectivity index (χ2v) is 4.93. The van der Waals surface area contributed by atoms with Crippen molar-refractivity contribution in [3.63, 3.8) is 0 Å². The normalized spacial score (nSPS) is 18.2. The Morgan fingerprint density at radius 2 is 2.33 bits per heavy atom. The highest BCUT2D eigenvalue weighted by Crippen LogP contribution is 2.23. The van der Waals surface area contributed by atoms with E-state index in [0.717, 1.165) is 30.8 Å². The average molecular weight is 289 g/mol. The topological polar surface area (TPSA) is 41.1 Å². The standard InChI is InChI=1S/C13H17ClN2O.ClH/c1-9-11(14)3-2-4-12(9)16-13(17)7-10-5-6-15-8-10;/h2-4,10,15H,5-8H2,1H3,(H,16,17);1H. The Balaban J connectivity index is 0.00000162. The van der Waals surface area contributed by atoms with Crippen molar-refractivity contribution in [3.8, 4) is 0 Å². The first-order valence-electron chi connectivity index (χ1n) is 5.92. The van der Waals surface area contributed by atoms with Crippen LogP contribution in [0.3, 0.4) is 0 Å². The third-order valence-electron chi connectivity index (χ3n) is 3.18. The van der Waals surface area contributed by atoms with Crippen LogP contribution in [0.4, 0.5) is 5.69 Å². The molecule has 1 aliphatic rings. The summed E-state index contributed by atoms with van der Waals surface area (Å²) in [4.78, 5) is 11.8. The molecule has 0 saturated carbocycles. The molecule has 1 aromatic carbocycles. The number of rotatable bonds is 3. The van der Waals surface area contributed by atoms with Gasteiger partial charge in [0.15, 0.2) is 0 Å². The number of benzene rings is 1. The van der Waals surface area contributed by atoms with Crippen molar-refractivity contribution in [1.82, 2.24) is 5.32 Å². The molecule has 1 amide bonds. The molecule has 3 nitrogen and oxygen atoms in total. The second kappa shape index (κ2) is 6.98. The van der Waals surface area contributed by atoms with E-state index in [1.165, 1.54) is 0 Å². The lowest BCUT2D eigenvalue weighted by atomic mass is 10.0. The van der Waals surface area contributed by atoms with Crippen molar-refractivity contribution in [3.05, 3.63) is 28.8 Å². The van der Waals surface area contributed by atoms with E-state index in [0.29, 0.717) is 17.4 Å². The van der Waals surface area contributed by atoms with Crippen molar-refractivity contribution < 1.29 is 4.79 Å². The van der Waals surface area contributed by atoms with Crippen LogP contribution < -0.4 is 10.6 Å². The van der Waals surface area contributed by atoms with E-state index in [1.54, 1.807) is 0 Å². The van der Waals surface area contributed by atoms with Gasteiger partial charge in [-0.2, -0.15) is 0 Å². The molecule has 18 heavy (non-hydrogen) atoms. The molecular formula is C13H18Cl2N2O. The third-order valence-corrected chi connectivity index (χ3v) is 3.59. The van der Waals surface area contributed by atoms with Gasteiger partial charge in [-0.25, -0.2) is 0 Å². The maximum absolute atomic E-state index is 11.8. The fourth-order valence-corrected chi connectivity index (χ4v) is 2.27. The van der Waals surface area contributed by atoms with E-state index in [9.17, 15) is 4.79 Å². The number of carbonyl (C=O) groups excluding carboxylic acids is 1. The highest BCUT2D eigenvalue weighted by atomic mass is 35.5. The predicted molar refractivity (Wildman–Crippen MR) is 77.7 cm³/mol. The molecule has 2 rings (SSSR count). The maximum atomic E-state index is 11.8. The van der Waals surface area contributed by atoms with E-state index < -0.39 is 0 Å². The minimum absolute atomic E-state index is 0. The molecule has 1 heterocycles. The largest absolute Gasteiger partial charge is 0.326 e. The molecule has 0 aromatic heterocycles. The molecule has 1 unspecified atom stereocenters. The number of carbonyl (C=O) groups is 1. The first kappa shape index (κ1) is 15.3. The lowest BCUT2D eigenvalue weighted by molar-refractivity contribution is -0.116. The van der Waals surface area contributed by atoms with Crippen LogP contribution in [-0.4, -0.2) is 19.0 Å². The molecule has 1 aromatic rings. The Bertz CT molecular complexity index is 417. The first-order valence-corrected chi connectivity index (χ1v) is 6.30. The van der Waals surface area contributed by atoms with Crippen LogP contribution in [0, 0.1) is 12.8 Å². The lowest BCUT2D eigenvalue weighted by Gasteiger charge is -2.11. The Morgan fingerprint density at radius 1 is 1.56 bits per heavy atom. The number of anilines is 1. The molecule has 0 spiro atoms. The van der Waals surface area contributed by atoms with E-state index in [-0.39, 0.29) is 18.3 Å². The summed E-state index contributed by atoms with van der Waals surface area (Å²) in [6, 6.07) is 5.56. The quantitative estimate of drug-likeness (QED) is 0.898. The van der Waals surface area contributed by atoms with Gasteiger partial charge in [-0.15, -0.1) is 12.4 Å². The van der Waals surface area contributed by atoms with Crippen molar-refractivity contribution in [2.24, 2.45) is 5.92 Å². The van der Waals surface area contributed by atoms with Crippen LogP contribution in [0.2, 0.25) is 5.02 Å². The molecule has 1 atom stereocenters. The van der Waals surface area contributed by atoms with E-state index >= 15 is 0 Å². The summed E-state index contributed by atoms with van der Waals surface area (Å²) < 4.78 is 0. The summed E-state index contributed by atoms with van der Waals surface area (Å²) in [7, 11) is 0. The van der Waals surface area contributed by atoms with Crippen LogP contribution in [-0.2, 0) is 4.79 Å². The van der Waals surface area contributed by atoms with Gasteiger partial charge in [0, 0.05) is 17.1 Å². The number of nitrogens with one attached hydrogen (secondary N) is 2. The zero-order valence-corrected chi connectivity index (χ0v) is 11.9. The molecule has 0 aliphatic carbocycles. The SMILES string of the molecule is Cc1c(Cl)cccc1NC(=O)CC1CCNC1.Cl. The van der Waals surface area contributed by atoms with Gasteiger partial charge in [0.25, 0.3) is 0 Å². The summed E-state index contributed by atoms with van der Waals surface area (Å²) in [6.07, 6.45) is 1.67. The fraction of sp³-hybridized carbons (Fsp3) is 0.462. The van der Waals surface area contributed by atoms with Crippen LogP contribution in [0.25, 0.3) is 0 Å². The van der Waals surface area contributed by atoms with Crippen LogP contribution in [0.15, 0.2) is 18.2 Å². The number of hydrogen-bond acceptors (Lipinski definition) is 2. The van der Waals surface area contributed by atoms with Gasteiger partial charge in [-0.3, -0.25) is 4.79 Å². The van der Waals surface area contributed by atoms with Crippen molar-refractivity contribution >= 4 is 35.6 Å². The number of hydrogen-bond donors (Lipinski definition) is 2. The van der Waals surface area contributed by atoms with Gasteiger partial charge < -0.3 is 10.6 Å². The minimum Gasteiger partial charge on any atom is -0.326 e. The molecule has 1 fully saturated rings. The monoisotopic (exact) mass is 288 g/mol. The highest BCUT2D eigenvalue weighted by Gasteiger charge is 2.18. The fourth-order valence-electron chi connectivity index (χ4n) is 2.09. The van der Waals surface area contributed by atoms with Crippen molar-refractivity contribution in [1.29, 1.82) is 0 Å². The van der Waals surface area contributed by atoms with Crippen LogP contribution in [0.1, 0.15) is 18.4 Å². The van der Waals surface area contributed by atoms with Crippen molar-refractivity contribution in [2.45, 2.75) is 19.8 Å². The van der Waals surface area contributed by atoms with Gasteiger partial charge in [0.05, 0.1) is 0 Å². The van der Waals surface area contributed by atoms with Gasteiger partial charge in [-0.05, 0) is 50.0 Å². The zero-order valence-electron chi connectivity index (χ0n) is 10.3. The van der Waals surface area contributed by atoms with Crippen LogP contribution >= 0.6 is 24.0 Å². The maximum Gasteiger partial charge on any atom is 0.224 e. The Labute approximate surface area is 119 Å². The summed E-state index contributed by atoms with van der Waals surface area (Å²) in [5.41, 5.74) is 1.74. The Morgan fingerprint density at radius 3 is 3.00 bits per heavy atom. The molecule has 100 valence electrons. The molecule has 0 radical (unpaired) electrons. The van der Waals surface area contributed by atoms with Crippen molar-refractivity contribution in [2.75, 3.05) is 18.4 Å². The predicted octanol–water partition coefficient (Wildman–Crippen LogP) is 3.01. The number of halogens is 2. The smallest absolute Gasteiger partial charge is 0.224 e. The third kappa shape index (κ3) is 3.87. The minimum atomic E-state index is 0. The second-order valence-electron chi connectivity index (χ2n) is 4.52. The van der Waals surface area contributed by atoms with Gasteiger partial charge in [-0.1, -0.05) is 17.7 Å². The summed E-state index contributed by atoms with van der Waals surface area (Å²) in [5.74, 6) is 0.540. The summed E-state index contributed by atoms with van der Waals surface area (Å²) in [5, 5.41) is 6.87. The van der Waals surface area contributed by atoms with E-state index in [2.05, 4.69) is 10.6 Å². The summed E-state index contributed by atoms with van der Waals surface area (Å²) >= 11 is 6.01. The van der Waals surface area contributed by atoms with E-state index in [4.69, 9.17) is 11.6 Å². The average Bonchev–Trinajstić information content (AvgIpc) is 2.77.